The van der Waals surface area contributed by atoms with Gasteiger partial charge in [0.25, 0.3) is 0 Å². The normalized spacial score (nSPS) is 18.3. The molecule has 1 amide bonds. The molecule has 0 spiro atoms. The van der Waals surface area contributed by atoms with E-state index in [2.05, 4.69) is 19.2 Å². The van der Waals surface area contributed by atoms with Crippen molar-refractivity contribution >= 4 is 17.7 Å². The van der Waals surface area contributed by atoms with Crippen LogP contribution in [0.25, 0.3) is 0 Å². The third kappa shape index (κ3) is 6.66. The van der Waals surface area contributed by atoms with E-state index in [-0.39, 0.29) is 0 Å². The van der Waals surface area contributed by atoms with Crippen LogP contribution >= 0.6 is 11.8 Å². The molecule has 1 atom stereocenters. The Labute approximate surface area is 122 Å². The number of hydrogen-bond acceptors (Lipinski definition) is 3. The molecule has 0 aliphatic carbocycles. The van der Waals surface area contributed by atoms with Gasteiger partial charge in [-0.2, -0.15) is 11.8 Å². The third-order valence-corrected chi connectivity index (χ3v) is 5.10. The Morgan fingerprint density at radius 1 is 1.42 bits per heavy atom. The van der Waals surface area contributed by atoms with E-state index < -0.39 is 0 Å². The summed E-state index contributed by atoms with van der Waals surface area (Å²) in [6.45, 7) is 6.60. The number of nitrogens with zero attached hydrogens (tertiary/aromatic N) is 1. The standard InChI is InChI=1S/C15H30N2OS/c1-4-19-12-9-13(2)17(3)15(18)6-5-14-7-10-16-11-8-14/h13-14,16H,4-12H2,1-3H3. The van der Waals surface area contributed by atoms with Gasteiger partial charge in [-0.3, -0.25) is 4.79 Å². The molecule has 1 fully saturated rings. The predicted octanol–water partition coefficient (Wildman–Crippen LogP) is 2.76. The van der Waals surface area contributed by atoms with E-state index in [4.69, 9.17) is 0 Å². The van der Waals surface area contributed by atoms with Crippen molar-refractivity contribution in [3.8, 4) is 0 Å². The smallest absolute Gasteiger partial charge is 0.222 e. The first kappa shape index (κ1) is 16.8. The van der Waals surface area contributed by atoms with Gasteiger partial charge in [0, 0.05) is 19.5 Å². The van der Waals surface area contributed by atoms with E-state index in [9.17, 15) is 4.79 Å². The maximum absolute atomic E-state index is 12.2. The third-order valence-electron chi connectivity index (χ3n) is 4.16. The zero-order chi connectivity index (χ0) is 14.1. The van der Waals surface area contributed by atoms with E-state index >= 15 is 0 Å². The lowest BCUT2D eigenvalue weighted by atomic mass is 9.93. The summed E-state index contributed by atoms with van der Waals surface area (Å²) in [7, 11) is 1.96. The van der Waals surface area contributed by atoms with Crippen molar-refractivity contribution in [2.24, 2.45) is 5.92 Å². The molecule has 0 aromatic rings. The summed E-state index contributed by atoms with van der Waals surface area (Å²) in [5.74, 6) is 3.40. The molecule has 0 saturated carbocycles. The van der Waals surface area contributed by atoms with Gasteiger partial charge in [-0.15, -0.1) is 0 Å². The van der Waals surface area contributed by atoms with Crippen molar-refractivity contribution in [1.82, 2.24) is 10.2 Å². The van der Waals surface area contributed by atoms with Crippen molar-refractivity contribution in [3.63, 3.8) is 0 Å². The van der Waals surface area contributed by atoms with Gasteiger partial charge in [-0.25, -0.2) is 0 Å². The van der Waals surface area contributed by atoms with E-state index in [1.54, 1.807) is 0 Å². The number of hydrogen-bond donors (Lipinski definition) is 1. The van der Waals surface area contributed by atoms with Crippen molar-refractivity contribution in [2.45, 2.75) is 52.0 Å². The zero-order valence-corrected chi connectivity index (χ0v) is 13.6. The number of nitrogens with one attached hydrogen (secondary N) is 1. The van der Waals surface area contributed by atoms with Crippen LogP contribution in [0.5, 0.6) is 0 Å². The molecule has 0 bridgehead atoms. The van der Waals surface area contributed by atoms with Gasteiger partial charge in [0.1, 0.15) is 0 Å². The first-order valence-corrected chi connectivity index (χ1v) is 8.84. The molecule has 112 valence electrons. The summed E-state index contributed by atoms with van der Waals surface area (Å²) in [4.78, 5) is 14.1. The highest BCUT2D eigenvalue weighted by molar-refractivity contribution is 7.99. The average Bonchev–Trinajstić information content (AvgIpc) is 2.45. The summed E-state index contributed by atoms with van der Waals surface area (Å²) in [6.07, 6.45) is 5.38. The van der Waals surface area contributed by atoms with Crippen LogP contribution < -0.4 is 5.32 Å². The predicted molar refractivity (Wildman–Crippen MR) is 84.7 cm³/mol. The molecule has 1 N–H and O–H groups in total. The number of rotatable bonds is 8. The number of thioether (sulfide) groups is 1. The lowest BCUT2D eigenvalue weighted by Crippen LogP contribution is -2.36. The van der Waals surface area contributed by atoms with Gasteiger partial charge in [0.05, 0.1) is 0 Å². The summed E-state index contributed by atoms with van der Waals surface area (Å²) in [5.41, 5.74) is 0. The fraction of sp³-hybridized carbons (Fsp3) is 0.933. The Kier molecular flexibility index (Phi) is 8.55. The summed E-state index contributed by atoms with van der Waals surface area (Å²) < 4.78 is 0. The molecule has 1 heterocycles. The number of carbonyl (C=O) groups is 1. The fourth-order valence-corrected chi connectivity index (χ4v) is 3.31. The highest BCUT2D eigenvalue weighted by Gasteiger charge is 2.18. The lowest BCUT2D eigenvalue weighted by molar-refractivity contribution is -0.132. The first-order chi connectivity index (χ1) is 9.15. The molecule has 3 nitrogen and oxygen atoms in total. The van der Waals surface area contributed by atoms with Crippen molar-refractivity contribution in [1.29, 1.82) is 0 Å². The molecule has 19 heavy (non-hydrogen) atoms. The van der Waals surface area contributed by atoms with E-state index in [1.807, 2.05) is 23.7 Å². The molecule has 1 aliphatic heterocycles. The number of amides is 1. The van der Waals surface area contributed by atoms with Crippen molar-refractivity contribution in [2.75, 3.05) is 31.6 Å². The molecule has 1 unspecified atom stereocenters. The molecular formula is C15H30N2OS. The van der Waals surface area contributed by atoms with Crippen LogP contribution in [0.1, 0.15) is 46.0 Å². The first-order valence-electron chi connectivity index (χ1n) is 7.69. The van der Waals surface area contributed by atoms with Gasteiger partial charge < -0.3 is 10.2 Å². The number of carbonyl (C=O) groups excluding carboxylic acids is 1. The Bertz CT molecular complexity index is 255. The highest BCUT2D eigenvalue weighted by atomic mass is 32.2. The van der Waals surface area contributed by atoms with Crippen LogP contribution in [-0.4, -0.2) is 48.5 Å². The molecule has 1 rings (SSSR count). The number of piperidine rings is 1. The van der Waals surface area contributed by atoms with E-state index in [1.165, 1.54) is 18.6 Å². The molecule has 0 radical (unpaired) electrons. The zero-order valence-electron chi connectivity index (χ0n) is 12.8. The molecular weight excluding hydrogens is 256 g/mol. The van der Waals surface area contributed by atoms with E-state index in [0.29, 0.717) is 11.9 Å². The van der Waals surface area contributed by atoms with Crippen LogP contribution in [0.2, 0.25) is 0 Å². The van der Waals surface area contributed by atoms with Crippen LogP contribution in [0.4, 0.5) is 0 Å². The summed E-state index contributed by atoms with van der Waals surface area (Å²) in [6, 6.07) is 0.375. The van der Waals surface area contributed by atoms with Gasteiger partial charge in [-0.05, 0) is 63.1 Å². The largest absolute Gasteiger partial charge is 0.343 e. The molecule has 1 aliphatic rings. The molecule has 0 aromatic carbocycles. The fourth-order valence-electron chi connectivity index (χ4n) is 2.51. The second-order valence-corrected chi connectivity index (χ2v) is 6.97. The molecule has 1 saturated heterocycles. The van der Waals surface area contributed by atoms with Crippen LogP contribution in [0.15, 0.2) is 0 Å². The maximum atomic E-state index is 12.2. The molecule has 4 heteroatoms. The van der Waals surface area contributed by atoms with Gasteiger partial charge in [-0.1, -0.05) is 6.92 Å². The topological polar surface area (TPSA) is 32.3 Å². The van der Waals surface area contributed by atoms with Crippen molar-refractivity contribution in [3.05, 3.63) is 0 Å². The SMILES string of the molecule is CCSCCC(C)N(C)C(=O)CCC1CCNCC1. The van der Waals surface area contributed by atoms with E-state index in [0.717, 1.165) is 44.0 Å². The van der Waals surface area contributed by atoms with Gasteiger partial charge >= 0.3 is 0 Å². The van der Waals surface area contributed by atoms with Crippen LogP contribution in [0, 0.1) is 5.92 Å². The second-order valence-electron chi connectivity index (χ2n) is 5.57. The van der Waals surface area contributed by atoms with Gasteiger partial charge in [0.15, 0.2) is 0 Å². The summed E-state index contributed by atoms with van der Waals surface area (Å²) in [5, 5.41) is 3.37. The highest BCUT2D eigenvalue weighted by Crippen LogP contribution is 2.19. The Balaban J connectivity index is 2.19. The van der Waals surface area contributed by atoms with Crippen LogP contribution in [0.3, 0.4) is 0 Å². The quantitative estimate of drug-likeness (QED) is 0.696. The monoisotopic (exact) mass is 286 g/mol. The Morgan fingerprint density at radius 2 is 2.11 bits per heavy atom. The molecule has 0 aromatic heterocycles. The van der Waals surface area contributed by atoms with Crippen LogP contribution in [-0.2, 0) is 4.79 Å². The average molecular weight is 286 g/mol. The maximum Gasteiger partial charge on any atom is 0.222 e. The second kappa shape index (κ2) is 9.65. The van der Waals surface area contributed by atoms with Gasteiger partial charge in [0.2, 0.25) is 5.91 Å². The minimum Gasteiger partial charge on any atom is -0.343 e. The summed E-state index contributed by atoms with van der Waals surface area (Å²) >= 11 is 1.96. The lowest BCUT2D eigenvalue weighted by Gasteiger charge is -2.27. The minimum absolute atomic E-state index is 0.326. The van der Waals surface area contributed by atoms with Crippen molar-refractivity contribution < 1.29 is 4.79 Å². The Morgan fingerprint density at radius 3 is 2.74 bits per heavy atom. The Hall–Kier alpha value is -0.220. The minimum atomic E-state index is 0.326.